The molecule has 1 aliphatic rings. The highest BCUT2D eigenvalue weighted by Crippen LogP contribution is 2.23. The van der Waals surface area contributed by atoms with Crippen molar-refractivity contribution >= 4 is 21.9 Å². The second-order valence-electron chi connectivity index (χ2n) is 3.82. The molecule has 3 rings (SSSR count). The normalized spacial score (nSPS) is 16.4. The van der Waals surface area contributed by atoms with Gasteiger partial charge < -0.3 is 14.6 Å². The first kappa shape index (κ1) is 10.8. The molecule has 3 heterocycles. The van der Waals surface area contributed by atoms with E-state index in [-0.39, 0.29) is 0 Å². The van der Waals surface area contributed by atoms with Crippen LogP contribution in [0, 0.1) is 0 Å². The summed E-state index contributed by atoms with van der Waals surface area (Å²) in [6.45, 7) is 3.80. The van der Waals surface area contributed by atoms with Gasteiger partial charge in [-0.05, 0) is 28.1 Å². The summed E-state index contributed by atoms with van der Waals surface area (Å²) in [6, 6.07) is 3.69. The monoisotopic (exact) mass is 297 g/mol. The van der Waals surface area contributed by atoms with Gasteiger partial charge in [0.2, 0.25) is 5.95 Å². The molecule has 0 bridgehead atoms. The fourth-order valence-corrected chi connectivity index (χ4v) is 2.12. The number of piperazine rings is 1. The lowest BCUT2D eigenvalue weighted by Gasteiger charge is -2.25. The number of nitrogens with zero attached hydrogens (tertiary/aromatic N) is 3. The third-order valence-electron chi connectivity index (χ3n) is 2.68. The van der Waals surface area contributed by atoms with E-state index < -0.39 is 0 Å². The zero-order valence-corrected chi connectivity index (χ0v) is 10.7. The Balaban J connectivity index is 1.82. The second kappa shape index (κ2) is 4.50. The third kappa shape index (κ3) is 2.20. The lowest BCUT2D eigenvalue weighted by molar-refractivity contribution is 0.551. The van der Waals surface area contributed by atoms with Crippen LogP contribution in [0.15, 0.2) is 21.2 Å². The Hall–Kier alpha value is -1.34. The summed E-state index contributed by atoms with van der Waals surface area (Å²) in [5.41, 5.74) is 0. The maximum Gasteiger partial charge on any atom is 0.245 e. The van der Waals surface area contributed by atoms with Crippen molar-refractivity contribution in [2.24, 2.45) is 0 Å². The van der Waals surface area contributed by atoms with E-state index >= 15 is 0 Å². The Kier molecular flexibility index (Phi) is 2.86. The smallest absolute Gasteiger partial charge is 0.245 e. The quantitative estimate of drug-likeness (QED) is 0.873. The van der Waals surface area contributed by atoms with Crippen molar-refractivity contribution in [3.05, 3.63) is 16.8 Å². The van der Waals surface area contributed by atoms with Crippen molar-refractivity contribution < 1.29 is 4.42 Å². The molecule has 17 heavy (non-hydrogen) atoms. The van der Waals surface area contributed by atoms with E-state index in [1.54, 1.807) is 0 Å². The van der Waals surface area contributed by atoms with Crippen LogP contribution in [-0.4, -0.2) is 41.4 Å². The number of furan rings is 1. The standard InChI is InChI=1S/C10H12BrN5O/c11-8-2-1-7(17-8)9-13-10(15-14-9)16-5-3-12-4-6-16/h1-2,12H,3-6H2,(H,13,14,15). The minimum absolute atomic E-state index is 0.657. The highest BCUT2D eigenvalue weighted by atomic mass is 79.9. The van der Waals surface area contributed by atoms with Gasteiger partial charge in [0.15, 0.2) is 16.3 Å². The minimum Gasteiger partial charge on any atom is -0.446 e. The van der Waals surface area contributed by atoms with E-state index in [1.165, 1.54) is 0 Å². The maximum atomic E-state index is 5.42. The number of aromatic amines is 1. The van der Waals surface area contributed by atoms with Crippen LogP contribution in [0.1, 0.15) is 0 Å². The van der Waals surface area contributed by atoms with Gasteiger partial charge in [-0.15, -0.1) is 5.10 Å². The van der Waals surface area contributed by atoms with Gasteiger partial charge in [-0.3, -0.25) is 5.10 Å². The van der Waals surface area contributed by atoms with Crippen LogP contribution in [0.4, 0.5) is 5.95 Å². The lowest BCUT2D eigenvalue weighted by atomic mass is 10.4. The summed E-state index contributed by atoms with van der Waals surface area (Å²) in [5.74, 6) is 2.07. The number of hydrogen-bond donors (Lipinski definition) is 2. The summed E-state index contributed by atoms with van der Waals surface area (Å²) in [6.07, 6.45) is 0. The first-order valence-electron chi connectivity index (χ1n) is 5.47. The zero-order valence-electron chi connectivity index (χ0n) is 9.11. The molecule has 1 aliphatic heterocycles. The molecule has 0 aliphatic carbocycles. The molecular formula is C10H12BrN5O. The molecule has 0 unspecified atom stereocenters. The largest absolute Gasteiger partial charge is 0.446 e. The lowest BCUT2D eigenvalue weighted by Crippen LogP contribution is -2.44. The molecule has 7 heteroatoms. The number of nitrogens with one attached hydrogen (secondary N) is 2. The van der Waals surface area contributed by atoms with E-state index in [1.807, 2.05) is 12.1 Å². The van der Waals surface area contributed by atoms with E-state index in [2.05, 4.69) is 41.3 Å². The Labute approximate surface area is 107 Å². The van der Waals surface area contributed by atoms with E-state index in [0.29, 0.717) is 16.3 Å². The van der Waals surface area contributed by atoms with Gasteiger partial charge in [-0.25, -0.2) is 0 Å². The number of rotatable bonds is 2. The summed E-state index contributed by atoms with van der Waals surface area (Å²) >= 11 is 3.27. The predicted octanol–water partition coefficient (Wildman–Crippen LogP) is 1.24. The Bertz CT molecular complexity index is 502. The predicted molar refractivity (Wildman–Crippen MR) is 66.9 cm³/mol. The van der Waals surface area contributed by atoms with Crippen molar-refractivity contribution in [1.29, 1.82) is 0 Å². The summed E-state index contributed by atoms with van der Waals surface area (Å²) in [5, 5.41) is 10.4. The van der Waals surface area contributed by atoms with E-state index in [9.17, 15) is 0 Å². The average molecular weight is 298 g/mol. The maximum absolute atomic E-state index is 5.42. The Morgan fingerprint density at radius 1 is 1.29 bits per heavy atom. The van der Waals surface area contributed by atoms with Gasteiger partial charge >= 0.3 is 0 Å². The van der Waals surface area contributed by atoms with Gasteiger partial charge in [0.1, 0.15) is 0 Å². The molecule has 0 saturated carbocycles. The van der Waals surface area contributed by atoms with Crippen LogP contribution in [0.2, 0.25) is 0 Å². The number of halogens is 1. The fraction of sp³-hybridized carbons (Fsp3) is 0.400. The van der Waals surface area contributed by atoms with Crippen molar-refractivity contribution in [1.82, 2.24) is 20.5 Å². The summed E-state index contributed by atoms with van der Waals surface area (Å²) in [4.78, 5) is 6.58. The molecule has 2 aromatic heterocycles. The Morgan fingerprint density at radius 2 is 2.12 bits per heavy atom. The van der Waals surface area contributed by atoms with Crippen LogP contribution in [0.3, 0.4) is 0 Å². The minimum atomic E-state index is 0.657. The molecule has 1 fully saturated rings. The highest BCUT2D eigenvalue weighted by Gasteiger charge is 2.16. The molecule has 2 N–H and O–H groups in total. The number of anilines is 1. The SMILES string of the molecule is Brc1ccc(-c2nc(N3CCNCC3)n[nH]2)o1. The topological polar surface area (TPSA) is 70.0 Å². The molecule has 0 spiro atoms. The summed E-state index contributed by atoms with van der Waals surface area (Å²) < 4.78 is 6.11. The average Bonchev–Trinajstić information content (AvgIpc) is 2.98. The molecule has 1 saturated heterocycles. The van der Waals surface area contributed by atoms with Gasteiger partial charge in [-0.1, -0.05) is 0 Å². The molecule has 6 nitrogen and oxygen atoms in total. The van der Waals surface area contributed by atoms with Crippen molar-refractivity contribution in [2.75, 3.05) is 31.1 Å². The summed E-state index contributed by atoms with van der Waals surface area (Å²) in [7, 11) is 0. The Morgan fingerprint density at radius 3 is 2.82 bits per heavy atom. The van der Waals surface area contributed by atoms with Crippen molar-refractivity contribution in [3.63, 3.8) is 0 Å². The highest BCUT2D eigenvalue weighted by molar-refractivity contribution is 9.10. The molecule has 0 radical (unpaired) electrons. The van der Waals surface area contributed by atoms with Gasteiger partial charge in [0.05, 0.1) is 0 Å². The van der Waals surface area contributed by atoms with Gasteiger partial charge in [0.25, 0.3) is 0 Å². The van der Waals surface area contributed by atoms with Gasteiger partial charge in [0, 0.05) is 26.2 Å². The second-order valence-corrected chi connectivity index (χ2v) is 4.61. The first-order valence-corrected chi connectivity index (χ1v) is 6.26. The fourth-order valence-electron chi connectivity index (χ4n) is 1.81. The van der Waals surface area contributed by atoms with Gasteiger partial charge in [-0.2, -0.15) is 4.98 Å². The molecule has 0 amide bonds. The van der Waals surface area contributed by atoms with Crippen molar-refractivity contribution in [3.8, 4) is 11.6 Å². The van der Waals surface area contributed by atoms with Crippen LogP contribution < -0.4 is 10.2 Å². The number of H-pyrrole nitrogens is 1. The van der Waals surface area contributed by atoms with E-state index in [0.717, 1.165) is 32.1 Å². The third-order valence-corrected chi connectivity index (χ3v) is 3.11. The number of aromatic nitrogens is 3. The van der Waals surface area contributed by atoms with Crippen molar-refractivity contribution in [2.45, 2.75) is 0 Å². The van der Waals surface area contributed by atoms with Crippen LogP contribution in [0.5, 0.6) is 0 Å². The molecular weight excluding hydrogens is 286 g/mol. The van der Waals surface area contributed by atoms with Crippen LogP contribution in [-0.2, 0) is 0 Å². The molecule has 0 aromatic carbocycles. The molecule has 90 valence electrons. The molecule has 0 atom stereocenters. The van der Waals surface area contributed by atoms with E-state index in [4.69, 9.17) is 4.42 Å². The number of hydrogen-bond acceptors (Lipinski definition) is 5. The van der Waals surface area contributed by atoms with Crippen LogP contribution >= 0.6 is 15.9 Å². The molecule has 2 aromatic rings. The zero-order chi connectivity index (χ0) is 11.7. The van der Waals surface area contributed by atoms with Crippen LogP contribution in [0.25, 0.3) is 11.6 Å². The first-order chi connectivity index (χ1) is 8.33.